The third-order valence-corrected chi connectivity index (χ3v) is 3.00. The molecule has 0 saturated heterocycles. The summed E-state index contributed by atoms with van der Waals surface area (Å²) in [7, 11) is 1.53. The van der Waals surface area contributed by atoms with Crippen LogP contribution >= 0.6 is 0 Å². The van der Waals surface area contributed by atoms with E-state index in [9.17, 15) is 4.79 Å². The molecule has 0 aromatic heterocycles. The first-order chi connectivity index (χ1) is 7.58. The number of methoxy groups -OCH3 is 1. The molecule has 1 aliphatic heterocycles. The third kappa shape index (κ3) is 1.53. The molecule has 0 bridgehead atoms. The van der Waals surface area contributed by atoms with Crippen molar-refractivity contribution >= 4 is 11.5 Å². The normalized spacial score (nSPS) is 24.8. The maximum atomic E-state index is 11.8. The van der Waals surface area contributed by atoms with Crippen LogP contribution in [0.1, 0.15) is 19.4 Å². The average molecular weight is 218 g/mol. The van der Waals surface area contributed by atoms with Gasteiger partial charge in [-0.2, -0.15) is 0 Å². The summed E-state index contributed by atoms with van der Waals surface area (Å²) in [5, 5.41) is 0. The zero-order valence-electron chi connectivity index (χ0n) is 9.61. The van der Waals surface area contributed by atoms with Crippen LogP contribution in [0.3, 0.4) is 0 Å². The van der Waals surface area contributed by atoms with Gasteiger partial charge in [0, 0.05) is 19.6 Å². The van der Waals surface area contributed by atoms with Crippen molar-refractivity contribution in [2.45, 2.75) is 19.6 Å². The monoisotopic (exact) mass is 218 g/mol. The molecule has 1 atom stereocenters. The summed E-state index contributed by atoms with van der Waals surface area (Å²) < 4.78 is 10.5. The van der Waals surface area contributed by atoms with E-state index < -0.39 is 5.79 Å². The minimum Gasteiger partial charge on any atom is -0.426 e. The number of cyclic esters (lactones) is 1. The van der Waals surface area contributed by atoms with E-state index in [0.29, 0.717) is 5.57 Å². The molecule has 2 rings (SSSR count). The van der Waals surface area contributed by atoms with Crippen LogP contribution in [0, 0.1) is 0 Å². The summed E-state index contributed by atoms with van der Waals surface area (Å²) in [6.45, 7) is 3.60. The lowest BCUT2D eigenvalue weighted by Gasteiger charge is -2.22. The fraction of sp³-hybridized carbons (Fsp3) is 0.308. The lowest BCUT2D eigenvalue weighted by Crippen LogP contribution is -2.29. The van der Waals surface area contributed by atoms with Crippen LogP contribution in [0.25, 0.3) is 5.57 Å². The molecule has 0 unspecified atom stereocenters. The van der Waals surface area contributed by atoms with Gasteiger partial charge in [-0.15, -0.1) is 0 Å². The number of benzene rings is 1. The Bertz CT molecular complexity index is 448. The Morgan fingerprint density at radius 1 is 1.25 bits per heavy atom. The molecule has 0 spiro atoms. The van der Waals surface area contributed by atoms with E-state index in [0.717, 1.165) is 11.1 Å². The molecule has 1 heterocycles. The van der Waals surface area contributed by atoms with Crippen LogP contribution in [0.2, 0.25) is 0 Å². The zero-order valence-corrected chi connectivity index (χ0v) is 9.61. The molecule has 1 aliphatic rings. The summed E-state index contributed by atoms with van der Waals surface area (Å²) in [6, 6.07) is 9.48. The van der Waals surface area contributed by atoms with Gasteiger partial charge in [-0.1, -0.05) is 30.3 Å². The molecule has 0 saturated carbocycles. The van der Waals surface area contributed by atoms with Crippen molar-refractivity contribution in [3.05, 3.63) is 41.5 Å². The fourth-order valence-corrected chi connectivity index (χ4v) is 1.82. The van der Waals surface area contributed by atoms with Crippen molar-refractivity contribution in [1.29, 1.82) is 0 Å². The van der Waals surface area contributed by atoms with E-state index in [-0.39, 0.29) is 5.97 Å². The Labute approximate surface area is 94.7 Å². The molecule has 0 aliphatic carbocycles. The number of esters is 1. The molecule has 16 heavy (non-hydrogen) atoms. The number of ether oxygens (including phenoxy) is 2. The highest BCUT2D eigenvalue weighted by atomic mass is 16.7. The van der Waals surface area contributed by atoms with E-state index in [1.807, 2.05) is 37.3 Å². The fourth-order valence-electron chi connectivity index (χ4n) is 1.82. The van der Waals surface area contributed by atoms with Gasteiger partial charge in [0.1, 0.15) is 0 Å². The highest BCUT2D eigenvalue weighted by Crippen LogP contribution is 2.37. The highest BCUT2D eigenvalue weighted by Gasteiger charge is 2.42. The van der Waals surface area contributed by atoms with Gasteiger partial charge in [0.15, 0.2) is 0 Å². The van der Waals surface area contributed by atoms with Crippen LogP contribution in [-0.4, -0.2) is 18.9 Å². The maximum absolute atomic E-state index is 11.8. The average Bonchev–Trinajstić information content (AvgIpc) is 2.52. The summed E-state index contributed by atoms with van der Waals surface area (Å²) in [5.74, 6) is -1.25. The second-order valence-electron chi connectivity index (χ2n) is 3.91. The molecule has 0 radical (unpaired) electrons. The minimum absolute atomic E-state index is 0.326. The van der Waals surface area contributed by atoms with Crippen LogP contribution in [-0.2, 0) is 14.3 Å². The van der Waals surface area contributed by atoms with Crippen molar-refractivity contribution in [3.8, 4) is 0 Å². The quantitative estimate of drug-likeness (QED) is 0.715. The molecule has 0 amide bonds. The van der Waals surface area contributed by atoms with Gasteiger partial charge in [0.05, 0.1) is 5.57 Å². The van der Waals surface area contributed by atoms with E-state index >= 15 is 0 Å². The number of carbonyl (C=O) groups excluding carboxylic acids is 1. The zero-order chi connectivity index (χ0) is 11.8. The van der Waals surface area contributed by atoms with Gasteiger partial charge < -0.3 is 9.47 Å². The first-order valence-corrected chi connectivity index (χ1v) is 5.14. The van der Waals surface area contributed by atoms with Gasteiger partial charge in [0.25, 0.3) is 0 Å². The van der Waals surface area contributed by atoms with Gasteiger partial charge in [-0.3, -0.25) is 0 Å². The van der Waals surface area contributed by atoms with Crippen LogP contribution in [0.15, 0.2) is 35.9 Å². The molecule has 1 aromatic rings. The SMILES string of the molecule is CO[C@]1(C)OC(=O)C(c2ccccc2)=C1C. The Morgan fingerprint density at radius 3 is 2.38 bits per heavy atom. The Kier molecular flexibility index (Phi) is 2.56. The first-order valence-electron chi connectivity index (χ1n) is 5.14. The number of hydrogen-bond donors (Lipinski definition) is 0. The smallest absolute Gasteiger partial charge is 0.341 e. The van der Waals surface area contributed by atoms with Crippen molar-refractivity contribution in [2.75, 3.05) is 7.11 Å². The van der Waals surface area contributed by atoms with Crippen LogP contribution in [0.4, 0.5) is 0 Å². The second-order valence-corrected chi connectivity index (χ2v) is 3.91. The molecule has 3 nitrogen and oxygen atoms in total. The summed E-state index contributed by atoms with van der Waals surface area (Å²) in [5.41, 5.74) is 2.28. The number of hydrogen-bond acceptors (Lipinski definition) is 3. The van der Waals surface area contributed by atoms with E-state index in [2.05, 4.69) is 0 Å². The summed E-state index contributed by atoms with van der Waals surface area (Å²) in [4.78, 5) is 11.8. The van der Waals surface area contributed by atoms with Gasteiger partial charge in [-0.25, -0.2) is 4.79 Å². The van der Waals surface area contributed by atoms with E-state index in [1.54, 1.807) is 6.92 Å². The first kappa shape index (κ1) is 10.9. The van der Waals surface area contributed by atoms with Crippen LogP contribution in [0.5, 0.6) is 0 Å². The topological polar surface area (TPSA) is 35.5 Å². The minimum atomic E-state index is -0.928. The lowest BCUT2D eigenvalue weighted by atomic mass is 9.99. The van der Waals surface area contributed by atoms with E-state index in [1.165, 1.54) is 7.11 Å². The van der Waals surface area contributed by atoms with Crippen molar-refractivity contribution < 1.29 is 14.3 Å². The Balaban J connectivity index is 2.52. The van der Waals surface area contributed by atoms with Crippen molar-refractivity contribution in [3.63, 3.8) is 0 Å². The largest absolute Gasteiger partial charge is 0.426 e. The summed E-state index contributed by atoms with van der Waals surface area (Å²) in [6.07, 6.45) is 0. The summed E-state index contributed by atoms with van der Waals surface area (Å²) >= 11 is 0. The molecular weight excluding hydrogens is 204 g/mol. The lowest BCUT2D eigenvalue weighted by molar-refractivity contribution is -0.184. The molecule has 1 aromatic carbocycles. The van der Waals surface area contributed by atoms with Gasteiger partial charge in [0.2, 0.25) is 5.79 Å². The Morgan fingerprint density at radius 2 is 1.88 bits per heavy atom. The van der Waals surface area contributed by atoms with E-state index in [4.69, 9.17) is 9.47 Å². The van der Waals surface area contributed by atoms with Gasteiger partial charge in [-0.05, 0) is 12.5 Å². The van der Waals surface area contributed by atoms with Crippen molar-refractivity contribution in [2.24, 2.45) is 0 Å². The molecular formula is C13H14O3. The molecule has 84 valence electrons. The Hall–Kier alpha value is -1.61. The molecule has 0 fully saturated rings. The molecule has 0 N–H and O–H groups in total. The maximum Gasteiger partial charge on any atom is 0.341 e. The van der Waals surface area contributed by atoms with Gasteiger partial charge >= 0.3 is 5.97 Å². The predicted molar refractivity (Wildman–Crippen MR) is 60.5 cm³/mol. The standard InChI is InChI=1S/C13H14O3/c1-9-11(10-7-5-4-6-8-10)12(14)16-13(9,2)15-3/h4-8H,1-3H3/t13-/m1/s1. The number of rotatable bonds is 2. The van der Waals surface area contributed by atoms with Crippen molar-refractivity contribution in [1.82, 2.24) is 0 Å². The van der Waals surface area contributed by atoms with Crippen LogP contribution < -0.4 is 0 Å². The number of carbonyl (C=O) groups is 1. The third-order valence-electron chi connectivity index (χ3n) is 3.00. The molecule has 3 heteroatoms. The second kappa shape index (κ2) is 3.76. The highest BCUT2D eigenvalue weighted by molar-refractivity contribution is 6.19. The predicted octanol–water partition coefficient (Wildman–Crippen LogP) is 2.38.